The summed E-state index contributed by atoms with van der Waals surface area (Å²) in [6.45, 7) is 0. The number of carbonyl (C=O) groups excluding carboxylic acids is 1. The zero-order valence-corrected chi connectivity index (χ0v) is 18.0. The highest BCUT2D eigenvalue weighted by atomic mass is 32.2. The SMILES string of the molecule is O=C(CCc1nc(CSc2nc(-c3ccc(F)cc3)cs2)no1)Nc1ccc(F)cc1F. The molecule has 164 valence electrons. The fourth-order valence-corrected chi connectivity index (χ4v) is 4.36. The normalized spacial score (nSPS) is 11.0. The average Bonchev–Trinajstić information content (AvgIpc) is 3.43. The third-order valence-electron chi connectivity index (χ3n) is 4.23. The maximum Gasteiger partial charge on any atom is 0.227 e. The van der Waals surface area contributed by atoms with Gasteiger partial charge in [0.25, 0.3) is 0 Å². The second-order valence-electron chi connectivity index (χ2n) is 6.57. The first kappa shape index (κ1) is 22.0. The Labute approximate surface area is 188 Å². The molecule has 11 heteroatoms. The largest absolute Gasteiger partial charge is 0.339 e. The highest BCUT2D eigenvalue weighted by Crippen LogP contribution is 2.30. The summed E-state index contributed by atoms with van der Waals surface area (Å²) in [5, 5.41) is 8.15. The number of thiazole rings is 1. The van der Waals surface area contributed by atoms with Crippen LogP contribution in [0.15, 0.2) is 56.7 Å². The monoisotopic (exact) mass is 476 g/mol. The minimum Gasteiger partial charge on any atom is -0.339 e. The topological polar surface area (TPSA) is 80.9 Å². The molecule has 0 saturated carbocycles. The molecule has 0 fully saturated rings. The standard InChI is InChI=1S/C21H15F3N4O2S2/c22-13-3-1-12(2-4-13)17-10-31-21(26-17)32-11-18-27-20(30-28-18)8-7-19(29)25-16-6-5-14(23)9-15(16)24/h1-6,9-10H,7-8,11H2,(H,25,29). The predicted octanol–water partition coefficient (Wildman–Crippen LogP) is 5.47. The van der Waals surface area contributed by atoms with Crippen LogP contribution in [0, 0.1) is 17.5 Å². The van der Waals surface area contributed by atoms with Gasteiger partial charge in [0.15, 0.2) is 10.2 Å². The molecule has 2 heterocycles. The molecule has 6 nitrogen and oxygen atoms in total. The van der Waals surface area contributed by atoms with Crippen LogP contribution < -0.4 is 5.32 Å². The van der Waals surface area contributed by atoms with Crippen molar-refractivity contribution in [1.29, 1.82) is 0 Å². The fourth-order valence-electron chi connectivity index (χ4n) is 2.68. The first-order chi connectivity index (χ1) is 15.5. The number of carbonyl (C=O) groups is 1. The summed E-state index contributed by atoms with van der Waals surface area (Å²) in [5.74, 6) is -1.17. The van der Waals surface area contributed by atoms with Crippen LogP contribution in [0.25, 0.3) is 11.3 Å². The van der Waals surface area contributed by atoms with Gasteiger partial charge in [-0.05, 0) is 36.4 Å². The van der Waals surface area contributed by atoms with Gasteiger partial charge in [-0.15, -0.1) is 11.3 Å². The molecule has 4 rings (SSSR count). The predicted molar refractivity (Wildman–Crippen MR) is 115 cm³/mol. The van der Waals surface area contributed by atoms with Gasteiger partial charge in [-0.3, -0.25) is 4.79 Å². The minimum atomic E-state index is -0.847. The molecular formula is C21H15F3N4O2S2. The Hall–Kier alpha value is -3.18. The zero-order valence-electron chi connectivity index (χ0n) is 16.3. The summed E-state index contributed by atoms with van der Waals surface area (Å²) in [6, 6.07) is 9.03. The van der Waals surface area contributed by atoms with E-state index in [-0.39, 0.29) is 30.2 Å². The quantitative estimate of drug-likeness (QED) is 0.340. The van der Waals surface area contributed by atoms with Crippen molar-refractivity contribution in [3.63, 3.8) is 0 Å². The van der Waals surface area contributed by atoms with E-state index in [1.807, 2.05) is 5.38 Å². The molecule has 4 aromatic rings. The molecule has 0 aliphatic carbocycles. The van der Waals surface area contributed by atoms with Crippen molar-refractivity contribution in [3.8, 4) is 11.3 Å². The summed E-state index contributed by atoms with van der Waals surface area (Å²) in [5.41, 5.74) is 1.49. The van der Waals surface area contributed by atoms with E-state index in [1.165, 1.54) is 35.2 Å². The van der Waals surface area contributed by atoms with Crippen LogP contribution in [0.4, 0.5) is 18.9 Å². The highest BCUT2D eigenvalue weighted by molar-refractivity contribution is 8.00. The number of anilines is 1. The van der Waals surface area contributed by atoms with Crippen molar-refractivity contribution in [3.05, 3.63) is 77.0 Å². The Bertz CT molecular complexity index is 1230. The van der Waals surface area contributed by atoms with E-state index < -0.39 is 17.5 Å². The number of nitrogens with zero attached hydrogens (tertiary/aromatic N) is 3. The molecule has 0 aliphatic heterocycles. The van der Waals surface area contributed by atoms with Crippen LogP contribution in [0.2, 0.25) is 0 Å². The fraction of sp³-hybridized carbons (Fsp3) is 0.143. The second-order valence-corrected chi connectivity index (χ2v) is 8.65. The lowest BCUT2D eigenvalue weighted by atomic mass is 10.2. The van der Waals surface area contributed by atoms with E-state index in [4.69, 9.17) is 4.52 Å². The third kappa shape index (κ3) is 5.74. The Morgan fingerprint density at radius 3 is 2.62 bits per heavy atom. The van der Waals surface area contributed by atoms with E-state index in [0.717, 1.165) is 27.7 Å². The van der Waals surface area contributed by atoms with Gasteiger partial charge >= 0.3 is 0 Å². The van der Waals surface area contributed by atoms with Gasteiger partial charge in [0.1, 0.15) is 17.5 Å². The number of benzene rings is 2. The number of hydrogen-bond donors (Lipinski definition) is 1. The Morgan fingerprint density at radius 2 is 1.84 bits per heavy atom. The van der Waals surface area contributed by atoms with Gasteiger partial charge in [0, 0.05) is 29.9 Å². The molecule has 1 amide bonds. The lowest BCUT2D eigenvalue weighted by Gasteiger charge is -2.05. The van der Waals surface area contributed by atoms with E-state index in [2.05, 4.69) is 20.4 Å². The third-order valence-corrected chi connectivity index (χ3v) is 6.25. The molecule has 1 N–H and O–H groups in total. The van der Waals surface area contributed by atoms with Crippen LogP contribution in [-0.2, 0) is 17.0 Å². The Kier molecular flexibility index (Phi) is 6.86. The maximum atomic E-state index is 13.6. The summed E-state index contributed by atoms with van der Waals surface area (Å²) in [6.07, 6.45) is 0.178. The van der Waals surface area contributed by atoms with Crippen LogP contribution in [-0.4, -0.2) is 21.0 Å². The molecule has 0 atom stereocenters. The second kappa shape index (κ2) is 9.96. The molecule has 0 spiro atoms. The summed E-state index contributed by atoms with van der Waals surface area (Å²) in [4.78, 5) is 20.7. The summed E-state index contributed by atoms with van der Waals surface area (Å²) in [7, 11) is 0. The van der Waals surface area contributed by atoms with Crippen molar-refractivity contribution in [2.24, 2.45) is 0 Å². The number of aryl methyl sites for hydroxylation is 1. The maximum absolute atomic E-state index is 13.6. The van der Waals surface area contributed by atoms with Gasteiger partial charge in [-0.25, -0.2) is 18.2 Å². The van der Waals surface area contributed by atoms with Gasteiger partial charge in [0.05, 0.1) is 17.1 Å². The van der Waals surface area contributed by atoms with Crippen LogP contribution in [0.3, 0.4) is 0 Å². The minimum absolute atomic E-state index is 0.000890. The van der Waals surface area contributed by atoms with Gasteiger partial charge in [0.2, 0.25) is 11.8 Å². The average molecular weight is 477 g/mol. The smallest absolute Gasteiger partial charge is 0.227 e. The lowest BCUT2D eigenvalue weighted by molar-refractivity contribution is -0.116. The van der Waals surface area contributed by atoms with Crippen LogP contribution in [0.1, 0.15) is 18.1 Å². The number of nitrogens with one attached hydrogen (secondary N) is 1. The molecular weight excluding hydrogens is 461 g/mol. The molecule has 0 aliphatic rings. The van der Waals surface area contributed by atoms with E-state index in [9.17, 15) is 18.0 Å². The number of rotatable bonds is 8. The van der Waals surface area contributed by atoms with Gasteiger partial charge < -0.3 is 9.84 Å². The van der Waals surface area contributed by atoms with E-state index in [0.29, 0.717) is 17.6 Å². The number of hydrogen-bond acceptors (Lipinski definition) is 7. The van der Waals surface area contributed by atoms with Gasteiger partial charge in [-0.2, -0.15) is 4.98 Å². The molecule has 2 aromatic heterocycles. The number of thioether (sulfide) groups is 1. The van der Waals surface area contributed by atoms with Crippen LogP contribution >= 0.6 is 23.1 Å². The van der Waals surface area contributed by atoms with Crippen molar-refractivity contribution in [2.45, 2.75) is 22.9 Å². The lowest BCUT2D eigenvalue weighted by Crippen LogP contribution is -2.13. The number of amides is 1. The van der Waals surface area contributed by atoms with Crippen molar-refractivity contribution < 1.29 is 22.5 Å². The summed E-state index contributed by atoms with van der Waals surface area (Å²) < 4.78 is 45.5. The first-order valence-corrected chi connectivity index (χ1v) is 11.2. The van der Waals surface area contributed by atoms with E-state index >= 15 is 0 Å². The first-order valence-electron chi connectivity index (χ1n) is 9.37. The van der Waals surface area contributed by atoms with Crippen molar-refractivity contribution in [2.75, 3.05) is 5.32 Å². The van der Waals surface area contributed by atoms with E-state index in [1.54, 1.807) is 12.1 Å². The van der Waals surface area contributed by atoms with Crippen LogP contribution in [0.5, 0.6) is 0 Å². The van der Waals surface area contributed by atoms with Gasteiger partial charge in [-0.1, -0.05) is 16.9 Å². The van der Waals surface area contributed by atoms with Crippen molar-refractivity contribution in [1.82, 2.24) is 15.1 Å². The number of halogens is 3. The molecule has 32 heavy (non-hydrogen) atoms. The molecule has 0 saturated heterocycles. The Morgan fingerprint density at radius 1 is 1.06 bits per heavy atom. The molecule has 0 bridgehead atoms. The number of aromatic nitrogens is 3. The van der Waals surface area contributed by atoms with Crippen molar-refractivity contribution >= 4 is 34.7 Å². The molecule has 0 radical (unpaired) electrons. The molecule has 2 aromatic carbocycles. The highest BCUT2D eigenvalue weighted by Gasteiger charge is 2.13. The Balaban J connectivity index is 1.26. The zero-order chi connectivity index (χ0) is 22.5. The molecule has 0 unspecified atom stereocenters. The summed E-state index contributed by atoms with van der Waals surface area (Å²) >= 11 is 2.89.